The van der Waals surface area contributed by atoms with Crippen molar-refractivity contribution in [3.63, 3.8) is 0 Å². The van der Waals surface area contributed by atoms with Crippen molar-refractivity contribution >= 4 is 28.1 Å². The lowest BCUT2D eigenvalue weighted by molar-refractivity contribution is -0.113. The van der Waals surface area contributed by atoms with E-state index in [-0.39, 0.29) is 16.9 Å². The first kappa shape index (κ1) is 15.8. The average Bonchev–Trinajstić information content (AvgIpc) is 2.48. The van der Waals surface area contributed by atoms with Gasteiger partial charge in [0, 0.05) is 35.0 Å². The van der Waals surface area contributed by atoms with Crippen LogP contribution in [0.3, 0.4) is 0 Å². The zero-order chi connectivity index (χ0) is 15.2. The molecular formula is C14H20N2O4S. The molecule has 3 N–H and O–H groups in total. The van der Waals surface area contributed by atoms with E-state index in [1.165, 1.54) is 7.11 Å². The molecule has 0 saturated carbocycles. The fraction of sp³-hybridized carbons (Fsp3) is 0.500. The highest BCUT2D eigenvalue weighted by Crippen LogP contribution is 2.26. The van der Waals surface area contributed by atoms with Crippen molar-refractivity contribution in [1.29, 1.82) is 0 Å². The lowest BCUT2D eigenvalue weighted by atomic mass is 10.2. The minimum absolute atomic E-state index is 0.0252. The first-order valence-corrected chi connectivity index (χ1v) is 8.16. The maximum atomic E-state index is 12.2. The number of benzene rings is 1. The number of methoxy groups -OCH3 is 1. The van der Waals surface area contributed by atoms with Crippen LogP contribution in [0.5, 0.6) is 5.75 Å². The predicted molar refractivity (Wildman–Crippen MR) is 82.9 cm³/mol. The van der Waals surface area contributed by atoms with Gasteiger partial charge in [-0.05, 0) is 31.0 Å². The van der Waals surface area contributed by atoms with Gasteiger partial charge in [0.2, 0.25) is 5.91 Å². The van der Waals surface area contributed by atoms with Gasteiger partial charge in [-0.25, -0.2) is 0 Å². The molecule has 0 radical (unpaired) electrons. The molecule has 0 aromatic heterocycles. The van der Waals surface area contributed by atoms with Gasteiger partial charge in [0.25, 0.3) is 0 Å². The Balaban J connectivity index is 1.95. The molecule has 21 heavy (non-hydrogen) atoms. The fourth-order valence-electron chi connectivity index (χ4n) is 2.20. The number of nitrogen functional groups attached to an aromatic ring is 1. The maximum Gasteiger partial charge on any atom is 0.237 e. The Morgan fingerprint density at radius 1 is 1.48 bits per heavy atom. The van der Waals surface area contributed by atoms with Crippen molar-refractivity contribution in [2.24, 2.45) is 0 Å². The Bertz CT molecular complexity index is 530. The van der Waals surface area contributed by atoms with Crippen LogP contribution in [0.15, 0.2) is 18.2 Å². The number of amides is 1. The molecule has 7 heteroatoms. The lowest BCUT2D eigenvalue weighted by Crippen LogP contribution is -2.30. The van der Waals surface area contributed by atoms with Crippen LogP contribution in [0.25, 0.3) is 0 Å². The highest BCUT2D eigenvalue weighted by atomic mass is 32.2. The van der Waals surface area contributed by atoms with Crippen LogP contribution in [0, 0.1) is 0 Å². The summed E-state index contributed by atoms with van der Waals surface area (Å²) in [4.78, 5) is 12.0. The number of anilines is 2. The van der Waals surface area contributed by atoms with E-state index in [1.54, 1.807) is 18.2 Å². The Labute approximate surface area is 126 Å². The molecular weight excluding hydrogens is 292 g/mol. The molecule has 1 amide bonds. The van der Waals surface area contributed by atoms with Crippen LogP contribution in [-0.2, 0) is 20.3 Å². The monoisotopic (exact) mass is 312 g/mol. The molecule has 1 saturated heterocycles. The SMILES string of the molecule is COc1ccc(N)cc1NC(=O)CS(=O)C1CCOCC1. The summed E-state index contributed by atoms with van der Waals surface area (Å²) in [5.41, 5.74) is 6.71. The Morgan fingerprint density at radius 2 is 2.19 bits per heavy atom. The second-order valence-corrected chi connectivity index (χ2v) is 6.56. The number of rotatable bonds is 5. The third-order valence-electron chi connectivity index (χ3n) is 3.31. The van der Waals surface area contributed by atoms with E-state index in [4.69, 9.17) is 15.2 Å². The first-order chi connectivity index (χ1) is 10.1. The van der Waals surface area contributed by atoms with Gasteiger partial charge in [0.05, 0.1) is 12.8 Å². The molecule has 2 rings (SSSR count). The predicted octanol–water partition coefficient (Wildman–Crippen LogP) is 1.14. The molecule has 0 bridgehead atoms. The average molecular weight is 312 g/mol. The summed E-state index contributed by atoms with van der Waals surface area (Å²) in [6.45, 7) is 1.22. The third-order valence-corrected chi connectivity index (χ3v) is 5.07. The number of ether oxygens (including phenoxy) is 2. The largest absolute Gasteiger partial charge is 0.495 e. The van der Waals surface area contributed by atoms with Crippen molar-refractivity contribution in [3.05, 3.63) is 18.2 Å². The number of nitrogens with two attached hydrogens (primary N) is 1. The van der Waals surface area contributed by atoms with Gasteiger partial charge in [-0.3, -0.25) is 9.00 Å². The quantitative estimate of drug-likeness (QED) is 0.796. The highest BCUT2D eigenvalue weighted by Gasteiger charge is 2.22. The van der Waals surface area contributed by atoms with Gasteiger partial charge in [-0.2, -0.15) is 0 Å². The topological polar surface area (TPSA) is 90.6 Å². The molecule has 1 aliphatic heterocycles. The van der Waals surface area contributed by atoms with Crippen molar-refractivity contribution in [2.45, 2.75) is 18.1 Å². The van der Waals surface area contributed by atoms with Crippen LogP contribution in [0.4, 0.5) is 11.4 Å². The molecule has 1 fully saturated rings. The van der Waals surface area contributed by atoms with E-state index in [0.29, 0.717) is 30.3 Å². The number of nitrogens with one attached hydrogen (secondary N) is 1. The van der Waals surface area contributed by atoms with Gasteiger partial charge in [0.1, 0.15) is 11.5 Å². The van der Waals surface area contributed by atoms with E-state index in [0.717, 1.165) is 12.8 Å². The fourth-order valence-corrected chi connectivity index (χ4v) is 3.48. The molecule has 1 aromatic carbocycles. The summed E-state index contributed by atoms with van der Waals surface area (Å²) in [6.07, 6.45) is 1.48. The van der Waals surface area contributed by atoms with Crippen molar-refractivity contribution in [3.8, 4) is 5.75 Å². The Hall–Kier alpha value is -1.60. The van der Waals surface area contributed by atoms with Gasteiger partial charge < -0.3 is 20.5 Å². The van der Waals surface area contributed by atoms with Gasteiger partial charge in [0.15, 0.2) is 0 Å². The van der Waals surface area contributed by atoms with Crippen LogP contribution < -0.4 is 15.8 Å². The van der Waals surface area contributed by atoms with E-state index >= 15 is 0 Å². The summed E-state index contributed by atoms with van der Waals surface area (Å²) in [5, 5.41) is 2.74. The number of hydrogen-bond acceptors (Lipinski definition) is 5. The molecule has 0 spiro atoms. The van der Waals surface area contributed by atoms with E-state index < -0.39 is 10.8 Å². The first-order valence-electron chi connectivity index (χ1n) is 6.78. The Kier molecular flexibility index (Phi) is 5.58. The Morgan fingerprint density at radius 3 is 2.86 bits per heavy atom. The molecule has 1 heterocycles. The van der Waals surface area contributed by atoms with Crippen molar-refractivity contribution in [1.82, 2.24) is 0 Å². The smallest absolute Gasteiger partial charge is 0.237 e. The summed E-state index contributed by atoms with van der Waals surface area (Å²) in [7, 11) is 0.327. The molecule has 6 nitrogen and oxygen atoms in total. The molecule has 1 aliphatic rings. The second kappa shape index (κ2) is 7.42. The van der Waals surface area contributed by atoms with Gasteiger partial charge >= 0.3 is 0 Å². The van der Waals surface area contributed by atoms with Crippen LogP contribution >= 0.6 is 0 Å². The summed E-state index contributed by atoms with van der Waals surface area (Å²) in [5.74, 6) is 0.195. The van der Waals surface area contributed by atoms with Gasteiger partial charge in [-0.15, -0.1) is 0 Å². The zero-order valence-electron chi connectivity index (χ0n) is 12.0. The molecule has 1 unspecified atom stereocenters. The number of hydrogen-bond donors (Lipinski definition) is 2. The van der Waals surface area contributed by atoms with Crippen molar-refractivity contribution in [2.75, 3.05) is 37.1 Å². The minimum Gasteiger partial charge on any atom is -0.495 e. The third kappa shape index (κ3) is 4.44. The zero-order valence-corrected chi connectivity index (χ0v) is 12.8. The van der Waals surface area contributed by atoms with Crippen molar-refractivity contribution < 1.29 is 18.5 Å². The standard InChI is InChI=1S/C14H20N2O4S/c1-19-13-3-2-10(15)8-12(13)16-14(17)9-21(18)11-4-6-20-7-5-11/h2-3,8,11H,4-7,9,15H2,1H3,(H,16,17). The molecule has 1 atom stereocenters. The normalized spacial score (nSPS) is 17.2. The lowest BCUT2D eigenvalue weighted by Gasteiger charge is -2.21. The second-order valence-electron chi connectivity index (χ2n) is 4.84. The van der Waals surface area contributed by atoms with E-state index in [2.05, 4.69) is 5.32 Å². The van der Waals surface area contributed by atoms with Crippen LogP contribution in [0.2, 0.25) is 0 Å². The van der Waals surface area contributed by atoms with Crippen LogP contribution in [0.1, 0.15) is 12.8 Å². The number of carbonyl (C=O) groups excluding carboxylic acids is 1. The summed E-state index contributed by atoms with van der Waals surface area (Å²) < 4.78 is 22.5. The maximum absolute atomic E-state index is 12.2. The highest BCUT2D eigenvalue weighted by molar-refractivity contribution is 7.86. The van der Waals surface area contributed by atoms with Crippen LogP contribution in [-0.4, -0.2) is 41.4 Å². The molecule has 116 valence electrons. The van der Waals surface area contributed by atoms with Gasteiger partial charge in [-0.1, -0.05) is 0 Å². The van der Waals surface area contributed by atoms with E-state index in [9.17, 15) is 9.00 Å². The van der Waals surface area contributed by atoms with E-state index in [1.807, 2.05) is 0 Å². The molecule has 1 aromatic rings. The minimum atomic E-state index is -1.19. The summed E-state index contributed by atoms with van der Waals surface area (Å²) >= 11 is 0. The molecule has 0 aliphatic carbocycles. The number of carbonyl (C=O) groups is 1. The summed E-state index contributed by atoms with van der Waals surface area (Å²) in [6, 6.07) is 4.99.